The molecule has 0 saturated carbocycles. The first-order valence-electron chi connectivity index (χ1n) is 10.7. The van der Waals surface area contributed by atoms with Crippen molar-refractivity contribution in [2.45, 2.75) is 19.5 Å². The number of thiazole rings is 1. The molecule has 4 aromatic rings. The summed E-state index contributed by atoms with van der Waals surface area (Å²) in [5, 5.41) is 3.77. The third kappa shape index (κ3) is 5.38. The molecule has 0 saturated heterocycles. The molecule has 1 atom stereocenters. The van der Waals surface area contributed by atoms with Gasteiger partial charge in [0.2, 0.25) is 0 Å². The zero-order valence-electron chi connectivity index (χ0n) is 18.5. The van der Waals surface area contributed by atoms with Crippen LogP contribution in [0.3, 0.4) is 0 Å². The Morgan fingerprint density at radius 1 is 1.00 bits per heavy atom. The smallest absolute Gasteiger partial charge is 0.260 e. The van der Waals surface area contributed by atoms with E-state index in [0.717, 1.165) is 20.8 Å². The maximum absolute atomic E-state index is 12.8. The molecular formula is C26H25N3O3S. The highest BCUT2D eigenvalue weighted by atomic mass is 32.1. The van der Waals surface area contributed by atoms with Crippen molar-refractivity contribution in [2.75, 3.05) is 13.7 Å². The zero-order chi connectivity index (χ0) is 23.2. The Morgan fingerprint density at radius 2 is 1.70 bits per heavy atom. The monoisotopic (exact) mass is 459 g/mol. The van der Waals surface area contributed by atoms with Crippen LogP contribution in [0.15, 0.2) is 78.9 Å². The molecule has 3 aromatic carbocycles. The van der Waals surface area contributed by atoms with E-state index in [2.05, 4.69) is 10.3 Å². The summed E-state index contributed by atoms with van der Waals surface area (Å²) in [5.74, 6) is -0.0724. The number of carbonyl (C=O) groups is 2. The average Bonchev–Trinajstić information content (AvgIpc) is 3.30. The van der Waals surface area contributed by atoms with E-state index in [-0.39, 0.29) is 24.5 Å². The summed E-state index contributed by atoms with van der Waals surface area (Å²) in [7, 11) is 1.74. The maximum atomic E-state index is 12.8. The lowest BCUT2D eigenvalue weighted by Crippen LogP contribution is -2.34. The van der Waals surface area contributed by atoms with Crippen LogP contribution in [0.5, 0.6) is 5.75 Å². The molecule has 7 heteroatoms. The molecule has 0 unspecified atom stereocenters. The number of benzene rings is 3. The SMILES string of the molecule is C[C@@H](c1nc2ccccc2s1)N(C)C(=O)COc1ccccc1C(=O)NCc1ccccc1. The van der Waals surface area contributed by atoms with Crippen LogP contribution < -0.4 is 10.1 Å². The predicted octanol–water partition coefficient (Wildman–Crippen LogP) is 4.82. The molecule has 1 heterocycles. The van der Waals surface area contributed by atoms with Gasteiger partial charge < -0.3 is 15.0 Å². The number of aromatic nitrogens is 1. The zero-order valence-corrected chi connectivity index (χ0v) is 19.3. The quantitative estimate of drug-likeness (QED) is 0.410. The van der Waals surface area contributed by atoms with E-state index in [1.54, 1.807) is 47.5 Å². The molecular weight excluding hydrogens is 434 g/mol. The fourth-order valence-electron chi connectivity index (χ4n) is 3.35. The van der Waals surface area contributed by atoms with Crippen LogP contribution in [0, 0.1) is 0 Å². The van der Waals surface area contributed by atoms with Crippen molar-refractivity contribution in [3.05, 3.63) is 95.0 Å². The summed E-state index contributed by atoms with van der Waals surface area (Å²) < 4.78 is 6.86. The van der Waals surface area contributed by atoms with E-state index in [4.69, 9.17) is 4.74 Å². The molecule has 4 rings (SSSR count). The molecule has 33 heavy (non-hydrogen) atoms. The van der Waals surface area contributed by atoms with Gasteiger partial charge in [-0.15, -0.1) is 11.3 Å². The highest BCUT2D eigenvalue weighted by molar-refractivity contribution is 7.18. The Morgan fingerprint density at radius 3 is 2.48 bits per heavy atom. The minimum Gasteiger partial charge on any atom is -0.483 e. The molecule has 0 aliphatic heterocycles. The van der Waals surface area contributed by atoms with E-state index < -0.39 is 0 Å². The summed E-state index contributed by atoms with van der Waals surface area (Å²) in [5.41, 5.74) is 2.32. The van der Waals surface area contributed by atoms with E-state index in [1.807, 2.05) is 61.5 Å². The minimum atomic E-state index is -0.252. The van der Waals surface area contributed by atoms with Crippen molar-refractivity contribution in [3.63, 3.8) is 0 Å². The topological polar surface area (TPSA) is 71.5 Å². The molecule has 2 amide bonds. The van der Waals surface area contributed by atoms with Crippen LogP contribution in [0.2, 0.25) is 0 Å². The third-order valence-corrected chi connectivity index (χ3v) is 6.63. The van der Waals surface area contributed by atoms with Crippen LogP contribution in [-0.4, -0.2) is 35.4 Å². The van der Waals surface area contributed by atoms with Crippen molar-refractivity contribution in [3.8, 4) is 5.75 Å². The van der Waals surface area contributed by atoms with Crippen molar-refractivity contribution >= 4 is 33.4 Å². The van der Waals surface area contributed by atoms with Crippen LogP contribution in [0.25, 0.3) is 10.2 Å². The van der Waals surface area contributed by atoms with E-state index in [0.29, 0.717) is 17.9 Å². The molecule has 0 spiro atoms. The van der Waals surface area contributed by atoms with Crippen LogP contribution in [0.4, 0.5) is 0 Å². The lowest BCUT2D eigenvalue weighted by molar-refractivity contribution is -0.134. The van der Waals surface area contributed by atoms with Gasteiger partial charge in [-0.3, -0.25) is 9.59 Å². The van der Waals surface area contributed by atoms with Gasteiger partial charge in [0.25, 0.3) is 11.8 Å². The summed E-state index contributed by atoms with van der Waals surface area (Å²) in [6.45, 7) is 2.19. The summed E-state index contributed by atoms with van der Waals surface area (Å²) in [6, 6.07) is 24.3. The number of para-hydroxylation sites is 2. The Balaban J connectivity index is 1.38. The maximum Gasteiger partial charge on any atom is 0.260 e. The third-order valence-electron chi connectivity index (χ3n) is 5.42. The second-order valence-electron chi connectivity index (χ2n) is 7.65. The molecule has 0 bridgehead atoms. The molecule has 0 fully saturated rings. The Bertz CT molecular complexity index is 1220. The van der Waals surface area contributed by atoms with Crippen LogP contribution in [0.1, 0.15) is 33.9 Å². The number of ether oxygens (including phenoxy) is 1. The lowest BCUT2D eigenvalue weighted by Gasteiger charge is -2.23. The number of hydrogen-bond donors (Lipinski definition) is 1. The largest absolute Gasteiger partial charge is 0.483 e. The highest BCUT2D eigenvalue weighted by Gasteiger charge is 2.22. The number of carbonyl (C=O) groups excluding carboxylic acids is 2. The van der Waals surface area contributed by atoms with Gasteiger partial charge in [-0.1, -0.05) is 54.6 Å². The highest BCUT2D eigenvalue weighted by Crippen LogP contribution is 2.29. The van der Waals surface area contributed by atoms with E-state index in [1.165, 1.54) is 0 Å². The van der Waals surface area contributed by atoms with Gasteiger partial charge in [-0.25, -0.2) is 4.98 Å². The van der Waals surface area contributed by atoms with E-state index >= 15 is 0 Å². The fraction of sp³-hybridized carbons (Fsp3) is 0.192. The van der Waals surface area contributed by atoms with Gasteiger partial charge in [0.15, 0.2) is 6.61 Å². The first-order chi connectivity index (χ1) is 16.0. The van der Waals surface area contributed by atoms with Gasteiger partial charge in [0.1, 0.15) is 10.8 Å². The Hall–Kier alpha value is -3.71. The number of nitrogens with one attached hydrogen (secondary N) is 1. The summed E-state index contributed by atoms with van der Waals surface area (Å²) >= 11 is 1.58. The Kier molecular flexibility index (Phi) is 7.00. The summed E-state index contributed by atoms with van der Waals surface area (Å²) in [6.07, 6.45) is 0. The number of rotatable bonds is 8. The molecule has 1 aromatic heterocycles. The molecule has 6 nitrogen and oxygen atoms in total. The second-order valence-corrected chi connectivity index (χ2v) is 8.72. The average molecular weight is 460 g/mol. The molecule has 0 radical (unpaired) electrons. The van der Waals surface area contributed by atoms with Gasteiger partial charge in [-0.2, -0.15) is 0 Å². The van der Waals surface area contributed by atoms with Gasteiger partial charge in [0, 0.05) is 13.6 Å². The summed E-state index contributed by atoms with van der Waals surface area (Å²) in [4.78, 5) is 31.8. The first-order valence-corrected chi connectivity index (χ1v) is 11.5. The number of amides is 2. The van der Waals surface area contributed by atoms with Gasteiger partial charge in [0.05, 0.1) is 21.8 Å². The van der Waals surface area contributed by atoms with Crippen molar-refractivity contribution in [1.82, 2.24) is 15.2 Å². The molecule has 0 aliphatic rings. The first kappa shape index (κ1) is 22.5. The molecule has 1 N–H and O–H groups in total. The normalized spacial score (nSPS) is 11.7. The lowest BCUT2D eigenvalue weighted by atomic mass is 10.1. The van der Waals surface area contributed by atoms with Crippen LogP contribution >= 0.6 is 11.3 Å². The minimum absolute atomic E-state index is 0.172. The number of fused-ring (bicyclic) bond motifs is 1. The molecule has 0 aliphatic carbocycles. The van der Waals surface area contributed by atoms with Gasteiger partial charge in [-0.05, 0) is 36.8 Å². The number of likely N-dealkylation sites (N-methyl/N-ethyl adjacent to an activating group) is 1. The van der Waals surface area contributed by atoms with Gasteiger partial charge >= 0.3 is 0 Å². The fourth-order valence-corrected chi connectivity index (χ4v) is 4.41. The van der Waals surface area contributed by atoms with E-state index in [9.17, 15) is 9.59 Å². The second kappa shape index (κ2) is 10.3. The molecule has 168 valence electrons. The number of nitrogens with zero attached hydrogens (tertiary/aromatic N) is 2. The van der Waals surface area contributed by atoms with Crippen LogP contribution in [-0.2, 0) is 11.3 Å². The standard InChI is InChI=1S/C26H25N3O3S/c1-18(26-28-21-13-7-9-15-23(21)33-26)29(2)24(30)17-32-22-14-8-6-12-20(22)25(31)27-16-19-10-4-3-5-11-19/h3-15,18H,16-17H2,1-2H3,(H,27,31)/t18-/m0/s1. The predicted molar refractivity (Wildman–Crippen MR) is 130 cm³/mol. The number of hydrogen-bond acceptors (Lipinski definition) is 5. The van der Waals surface area contributed by atoms with Crippen molar-refractivity contribution in [2.24, 2.45) is 0 Å². The van der Waals surface area contributed by atoms with Crippen molar-refractivity contribution in [1.29, 1.82) is 0 Å². The van der Waals surface area contributed by atoms with Crippen molar-refractivity contribution < 1.29 is 14.3 Å². The Labute approximate surface area is 196 Å².